The Morgan fingerprint density at radius 2 is 2.26 bits per heavy atom. The summed E-state index contributed by atoms with van der Waals surface area (Å²) in [4.78, 5) is 1.24. The van der Waals surface area contributed by atoms with E-state index in [-0.39, 0.29) is 0 Å². The molecule has 6 heteroatoms. The van der Waals surface area contributed by atoms with Crippen LogP contribution in [0.15, 0.2) is 16.3 Å². The smallest absolute Gasteiger partial charge is 0.241 e. The molecule has 0 radical (unpaired) electrons. The van der Waals surface area contributed by atoms with Crippen LogP contribution in [-0.2, 0) is 16.6 Å². The third-order valence-electron chi connectivity index (χ3n) is 3.75. The lowest BCUT2D eigenvalue weighted by molar-refractivity contribution is 0.283. The van der Waals surface area contributed by atoms with Gasteiger partial charge in [-0.05, 0) is 30.7 Å². The Hall–Kier alpha value is -0.430. The van der Waals surface area contributed by atoms with Crippen molar-refractivity contribution in [3.05, 3.63) is 16.3 Å². The average Bonchev–Trinajstić information content (AvgIpc) is 2.86. The summed E-state index contributed by atoms with van der Waals surface area (Å²) in [5.74, 6) is 1.19. The summed E-state index contributed by atoms with van der Waals surface area (Å²) in [7, 11) is -3.36. The topological polar surface area (TPSA) is 72.2 Å². The van der Waals surface area contributed by atoms with Gasteiger partial charge in [0, 0.05) is 23.3 Å². The van der Waals surface area contributed by atoms with Crippen molar-refractivity contribution in [3.63, 3.8) is 0 Å². The van der Waals surface area contributed by atoms with Gasteiger partial charge in [-0.15, -0.1) is 11.3 Å². The maximum atomic E-state index is 12.1. The maximum Gasteiger partial charge on any atom is 0.241 e. The molecule has 1 fully saturated rings. The van der Waals surface area contributed by atoms with Crippen molar-refractivity contribution in [2.75, 3.05) is 6.54 Å². The molecule has 2 atom stereocenters. The highest BCUT2D eigenvalue weighted by Crippen LogP contribution is 2.28. The van der Waals surface area contributed by atoms with Crippen LogP contribution < -0.4 is 10.5 Å². The molecule has 2 rings (SSSR count). The van der Waals surface area contributed by atoms with Crippen LogP contribution in [0.4, 0.5) is 0 Å². The van der Waals surface area contributed by atoms with Gasteiger partial charge in [-0.1, -0.05) is 19.8 Å². The molecule has 108 valence electrons. The van der Waals surface area contributed by atoms with Crippen molar-refractivity contribution in [3.8, 4) is 0 Å². The van der Waals surface area contributed by atoms with Gasteiger partial charge in [0.25, 0.3) is 0 Å². The lowest BCUT2D eigenvalue weighted by atomic mass is 9.83. The molecule has 4 nitrogen and oxygen atoms in total. The number of thiophene rings is 1. The van der Waals surface area contributed by atoms with E-state index < -0.39 is 10.0 Å². The van der Waals surface area contributed by atoms with Crippen molar-refractivity contribution in [1.29, 1.82) is 0 Å². The quantitative estimate of drug-likeness (QED) is 0.876. The van der Waals surface area contributed by atoms with Gasteiger partial charge in [-0.25, -0.2) is 13.1 Å². The van der Waals surface area contributed by atoms with Gasteiger partial charge in [0.05, 0.1) is 4.90 Å². The fraction of sp³-hybridized carbons (Fsp3) is 0.692. The normalized spacial score (nSPS) is 24.5. The van der Waals surface area contributed by atoms with E-state index in [0.717, 1.165) is 17.7 Å². The molecular weight excluding hydrogens is 280 g/mol. The van der Waals surface area contributed by atoms with Crippen LogP contribution in [0, 0.1) is 11.8 Å². The van der Waals surface area contributed by atoms with Gasteiger partial charge in [-0.3, -0.25) is 0 Å². The second-order valence-electron chi connectivity index (χ2n) is 5.44. The van der Waals surface area contributed by atoms with E-state index in [0.29, 0.717) is 29.8 Å². The minimum atomic E-state index is -3.36. The molecule has 1 aromatic heterocycles. The predicted molar refractivity (Wildman–Crippen MR) is 78.5 cm³/mol. The Labute approximate surface area is 119 Å². The average molecular weight is 302 g/mol. The van der Waals surface area contributed by atoms with E-state index >= 15 is 0 Å². The highest BCUT2D eigenvalue weighted by atomic mass is 32.2. The molecule has 0 bridgehead atoms. The molecule has 0 amide bonds. The van der Waals surface area contributed by atoms with Crippen LogP contribution in [-0.4, -0.2) is 15.0 Å². The second-order valence-corrected chi connectivity index (χ2v) is 8.21. The zero-order chi connectivity index (χ0) is 13.9. The molecule has 1 saturated carbocycles. The van der Waals surface area contributed by atoms with Crippen LogP contribution in [0.5, 0.6) is 0 Å². The molecule has 0 aromatic carbocycles. The van der Waals surface area contributed by atoms with Crippen LogP contribution in [0.25, 0.3) is 0 Å². The van der Waals surface area contributed by atoms with E-state index in [1.807, 2.05) is 0 Å². The van der Waals surface area contributed by atoms with Gasteiger partial charge in [-0.2, -0.15) is 0 Å². The Balaban J connectivity index is 1.93. The first-order chi connectivity index (χ1) is 9.01. The minimum absolute atomic E-state index is 0.349. The zero-order valence-corrected chi connectivity index (χ0v) is 12.9. The van der Waals surface area contributed by atoms with E-state index in [9.17, 15) is 8.42 Å². The molecule has 1 aromatic rings. The summed E-state index contributed by atoms with van der Waals surface area (Å²) in [6.45, 7) is 3.19. The number of hydrogen-bond donors (Lipinski definition) is 2. The molecule has 0 spiro atoms. The SMILES string of the molecule is CC1CCCC(CNS(=O)(=O)c2csc(CN)c2)C1. The predicted octanol–water partition coefficient (Wildman–Crippen LogP) is 2.31. The largest absolute Gasteiger partial charge is 0.326 e. The number of sulfonamides is 1. The van der Waals surface area contributed by atoms with Crippen molar-refractivity contribution in [2.24, 2.45) is 17.6 Å². The third-order valence-corrected chi connectivity index (χ3v) is 6.26. The Kier molecular flexibility index (Phi) is 5.00. The van der Waals surface area contributed by atoms with Gasteiger partial charge in [0.1, 0.15) is 0 Å². The summed E-state index contributed by atoms with van der Waals surface area (Å²) in [5, 5.41) is 1.66. The molecule has 1 aliphatic rings. The van der Waals surface area contributed by atoms with Crippen LogP contribution in [0.2, 0.25) is 0 Å². The van der Waals surface area contributed by atoms with Crippen molar-refractivity contribution < 1.29 is 8.42 Å². The Morgan fingerprint density at radius 3 is 2.89 bits per heavy atom. The highest BCUT2D eigenvalue weighted by Gasteiger charge is 2.22. The summed E-state index contributed by atoms with van der Waals surface area (Å²) in [6.07, 6.45) is 4.74. The first kappa shape index (κ1) is 15.0. The third kappa shape index (κ3) is 4.02. The van der Waals surface area contributed by atoms with Crippen molar-refractivity contribution in [2.45, 2.75) is 44.0 Å². The summed E-state index contributed by atoms with van der Waals surface area (Å²) < 4.78 is 27.0. The summed E-state index contributed by atoms with van der Waals surface area (Å²) in [6, 6.07) is 1.66. The van der Waals surface area contributed by atoms with E-state index in [2.05, 4.69) is 11.6 Å². The second kappa shape index (κ2) is 6.35. The summed E-state index contributed by atoms with van der Waals surface area (Å²) in [5.41, 5.74) is 5.51. The van der Waals surface area contributed by atoms with Gasteiger partial charge >= 0.3 is 0 Å². The number of hydrogen-bond acceptors (Lipinski definition) is 4. The van der Waals surface area contributed by atoms with Gasteiger partial charge in [0.2, 0.25) is 10.0 Å². The lowest BCUT2D eigenvalue weighted by Crippen LogP contribution is -2.31. The lowest BCUT2D eigenvalue weighted by Gasteiger charge is -2.26. The van der Waals surface area contributed by atoms with Crippen molar-refractivity contribution >= 4 is 21.4 Å². The molecule has 1 heterocycles. The monoisotopic (exact) mass is 302 g/mol. The van der Waals surface area contributed by atoms with Gasteiger partial charge < -0.3 is 5.73 Å². The van der Waals surface area contributed by atoms with Crippen LogP contribution in [0.3, 0.4) is 0 Å². The molecule has 2 unspecified atom stereocenters. The zero-order valence-electron chi connectivity index (χ0n) is 11.3. The molecule has 3 N–H and O–H groups in total. The van der Waals surface area contributed by atoms with Crippen molar-refractivity contribution in [1.82, 2.24) is 4.72 Å². The molecule has 19 heavy (non-hydrogen) atoms. The highest BCUT2D eigenvalue weighted by molar-refractivity contribution is 7.89. The fourth-order valence-electron chi connectivity index (χ4n) is 2.66. The fourth-order valence-corrected chi connectivity index (χ4v) is 4.94. The van der Waals surface area contributed by atoms with Gasteiger partial charge in [0.15, 0.2) is 0 Å². The number of nitrogens with two attached hydrogens (primary N) is 1. The first-order valence-corrected chi connectivity index (χ1v) is 9.14. The van der Waals surface area contributed by atoms with Crippen LogP contribution in [0.1, 0.15) is 37.5 Å². The maximum absolute atomic E-state index is 12.1. The Bertz CT molecular complexity index is 510. The molecule has 0 saturated heterocycles. The Morgan fingerprint density at radius 1 is 1.47 bits per heavy atom. The first-order valence-electron chi connectivity index (χ1n) is 6.78. The standard InChI is InChI=1S/C13H22N2O2S2/c1-10-3-2-4-11(5-10)8-15-19(16,17)13-6-12(7-14)18-9-13/h6,9-11,15H,2-5,7-8,14H2,1H3. The van der Waals surface area contributed by atoms with E-state index in [1.54, 1.807) is 11.4 Å². The molecule has 1 aliphatic carbocycles. The number of nitrogens with one attached hydrogen (secondary N) is 1. The summed E-state index contributed by atoms with van der Waals surface area (Å²) >= 11 is 1.39. The van der Waals surface area contributed by atoms with Crippen LogP contribution >= 0.6 is 11.3 Å². The number of rotatable bonds is 5. The van der Waals surface area contributed by atoms with E-state index in [1.165, 1.54) is 24.2 Å². The minimum Gasteiger partial charge on any atom is -0.326 e. The van der Waals surface area contributed by atoms with E-state index in [4.69, 9.17) is 5.73 Å². The molecule has 0 aliphatic heterocycles. The molecular formula is C13H22N2O2S2.